The maximum Gasteiger partial charge on any atom is 0.222 e. The van der Waals surface area contributed by atoms with Crippen molar-refractivity contribution in [2.45, 2.75) is 6.10 Å². The van der Waals surface area contributed by atoms with Crippen LogP contribution in [0.15, 0.2) is 25.3 Å². The Morgan fingerprint density at radius 2 is 1.50 bits per heavy atom. The highest BCUT2D eigenvalue weighted by Crippen LogP contribution is 2.40. The molecule has 0 fully saturated rings. The Labute approximate surface area is 71.2 Å². The molecule has 0 bridgehead atoms. The van der Waals surface area contributed by atoms with Crippen molar-refractivity contribution in [1.82, 2.24) is 0 Å². The van der Waals surface area contributed by atoms with Crippen LogP contribution < -0.4 is 0 Å². The summed E-state index contributed by atoms with van der Waals surface area (Å²) in [6.07, 6.45) is 2.28. The van der Waals surface area contributed by atoms with Crippen molar-refractivity contribution in [3.63, 3.8) is 0 Å². The molecule has 0 aliphatic carbocycles. The summed E-state index contributed by atoms with van der Waals surface area (Å²) >= 11 is 9.32. The normalized spacial score (nSPS) is 8.60. The molecule has 0 heterocycles. The van der Waals surface area contributed by atoms with Crippen LogP contribution in [0.5, 0.6) is 0 Å². The summed E-state index contributed by atoms with van der Waals surface area (Å²) in [5, 5.41) is 8.43. The Bertz CT molecular complexity index is 86.9. The molecule has 0 aromatic carbocycles. The van der Waals surface area contributed by atoms with Crippen molar-refractivity contribution >= 4 is 29.3 Å². The molecule has 0 saturated carbocycles. The van der Waals surface area contributed by atoms with Crippen LogP contribution in [-0.2, 0) is 0 Å². The standard InChI is InChI=1S/C5H8O.Cl2HOP/c1-3-5(6)4-2;1-4(2)3/h3-6H,1-2H2;3H. The van der Waals surface area contributed by atoms with E-state index < -0.39 is 13.0 Å². The van der Waals surface area contributed by atoms with Gasteiger partial charge in [-0.2, -0.15) is 0 Å². The Kier molecular flexibility index (Phi) is 12.3. The van der Waals surface area contributed by atoms with Crippen LogP contribution in [0.25, 0.3) is 0 Å². The number of halogens is 2. The molecule has 0 radical (unpaired) electrons. The highest BCUT2D eigenvalue weighted by Gasteiger charge is 1.80. The van der Waals surface area contributed by atoms with E-state index in [0.717, 1.165) is 0 Å². The number of hydrogen-bond acceptors (Lipinski definition) is 2. The van der Waals surface area contributed by atoms with Crippen LogP contribution in [0.2, 0.25) is 0 Å². The number of aliphatic hydroxyl groups excluding tert-OH is 1. The fraction of sp³-hybridized carbons (Fsp3) is 0.200. The molecular formula is C5H9Cl2O2P. The number of rotatable bonds is 2. The van der Waals surface area contributed by atoms with Crippen LogP contribution in [0.3, 0.4) is 0 Å². The second kappa shape index (κ2) is 9.41. The minimum atomic E-state index is -1.68. The van der Waals surface area contributed by atoms with E-state index in [9.17, 15) is 0 Å². The quantitative estimate of drug-likeness (QED) is 0.534. The van der Waals surface area contributed by atoms with Crippen LogP contribution in [0.1, 0.15) is 0 Å². The van der Waals surface area contributed by atoms with Crippen LogP contribution in [0.4, 0.5) is 0 Å². The van der Waals surface area contributed by atoms with Gasteiger partial charge in [0, 0.05) is 0 Å². The van der Waals surface area contributed by atoms with E-state index in [4.69, 9.17) is 10.00 Å². The lowest BCUT2D eigenvalue weighted by Crippen LogP contribution is -1.91. The Morgan fingerprint density at radius 1 is 1.30 bits per heavy atom. The molecule has 0 unspecified atom stereocenters. The maximum atomic E-state index is 8.43. The molecule has 0 spiro atoms. The summed E-state index contributed by atoms with van der Waals surface area (Å²) in [5.74, 6) is 0. The first-order chi connectivity index (χ1) is 4.54. The van der Waals surface area contributed by atoms with Crippen LogP contribution >= 0.6 is 29.3 Å². The largest absolute Gasteiger partial charge is 0.385 e. The SMILES string of the molecule is C=CC(O)C=C.OP(Cl)Cl. The summed E-state index contributed by atoms with van der Waals surface area (Å²) in [6, 6.07) is 0. The molecule has 0 aliphatic heterocycles. The smallest absolute Gasteiger partial charge is 0.222 e. The first kappa shape index (κ1) is 13.0. The lowest BCUT2D eigenvalue weighted by Gasteiger charge is -1.88. The summed E-state index contributed by atoms with van der Waals surface area (Å²) in [7, 11) is 0. The molecule has 2 N–H and O–H groups in total. The van der Waals surface area contributed by atoms with Gasteiger partial charge in [0.25, 0.3) is 0 Å². The van der Waals surface area contributed by atoms with Crippen LogP contribution in [-0.4, -0.2) is 16.1 Å². The van der Waals surface area contributed by atoms with E-state index in [0.29, 0.717) is 0 Å². The van der Waals surface area contributed by atoms with Gasteiger partial charge in [0.05, 0.1) is 6.10 Å². The van der Waals surface area contributed by atoms with Gasteiger partial charge < -0.3 is 10.00 Å². The lowest BCUT2D eigenvalue weighted by atomic mass is 10.4. The second-order valence-corrected chi connectivity index (χ2v) is 4.05. The van der Waals surface area contributed by atoms with Crippen molar-refractivity contribution in [2.24, 2.45) is 0 Å². The molecular weight excluding hydrogens is 194 g/mol. The van der Waals surface area contributed by atoms with Gasteiger partial charge in [-0.1, -0.05) is 12.2 Å². The molecule has 0 saturated heterocycles. The zero-order valence-electron chi connectivity index (χ0n) is 5.24. The molecule has 0 aromatic heterocycles. The molecule has 60 valence electrons. The van der Waals surface area contributed by atoms with E-state index in [2.05, 4.69) is 35.6 Å². The predicted octanol–water partition coefficient (Wildman–Crippen LogP) is 2.40. The zero-order chi connectivity index (χ0) is 8.57. The monoisotopic (exact) mass is 202 g/mol. The lowest BCUT2D eigenvalue weighted by molar-refractivity contribution is 0.272. The van der Waals surface area contributed by atoms with E-state index in [1.807, 2.05) is 0 Å². The second-order valence-electron chi connectivity index (χ2n) is 1.18. The first-order valence-electron chi connectivity index (χ1n) is 2.28. The van der Waals surface area contributed by atoms with Crippen molar-refractivity contribution in [3.8, 4) is 0 Å². The third-order valence-electron chi connectivity index (χ3n) is 0.483. The molecule has 2 nitrogen and oxygen atoms in total. The maximum absolute atomic E-state index is 8.43. The average Bonchev–Trinajstić information content (AvgIpc) is 1.85. The van der Waals surface area contributed by atoms with Gasteiger partial charge in [-0.3, -0.25) is 0 Å². The van der Waals surface area contributed by atoms with Gasteiger partial charge in [0.15, 0.2) is 0 Å². The zero-order valence-corrected chi connectivity index (χ0v) is 7.65. The highest BCUT2D eigenvalue weighted by molar-refractivity contribution is 7.99. The Morgan fingerprint density at radius 3 is 1.50 bits per heavy atom. The molecule has 0 rings (SSSR count). The van der Waals surface area contributed by atoms with Gasteiger partial charge in [-0.15, -0.1) is 13.2 Å². The van der Waals surface area contributed by atoms with Gasteiger partial charge in [-0.05, 0) is 22.5 Å². The van der Waals surface area contributed by atoms with Gasteiger partial charge >= 0.3 is 0 Å². The topological polar surface area (TPSA) is 40.5 Å². The highest BCUT2D eigenvalue weighted by atomic mass is 35.9. The Balaban J connectivity index is 0. The van der Waals surface area contributed by atoms with Crippen LogP contribution in [0, 0.1) is 0 Å². The predicted molar refractivity (Wildman–Crippen MR) is 47.2 cm³/mol. The summed E-state index contributed by atoms with van der Waals surface area (Å²) in [5.41, 5.74) is 0. The number of hydrogen-bond donors (Lipinski definition) is 2. The number of aliphatic hydroxyl groups is 1. The summed E-state index contributed by atoms with van der Waals surface area (Å²) < 4.78 is 0. The van der Waals surface area contributed by atoms with Gasteiger partial charge in [-0.25, -0.2) is 0 Å². The van der Waals surface area contributed by atoms with E-state index in [1.54, 1.807) is 0 Å². The molecule has 0 aromatic rings. The third-order valence-corrected chi connectivity index (χ3v) is 0.483. The fourth-order valence-corrected chi connectivity index (χ4v) is 0.0962. The summed E-state index contributed by atoms with van der Waals surface area (Å²) in [4.78, 5) is 7.65. The van der Waals surface area contributed by atoms with E-state index >= 15 is 0 Å². The first-order valence-corrected chi connectivity index (χ1v) is 5.38. The minimum Gasteiger partial charge on any atom is -0.385 e. The Hall–Kier alpha value is 0.410. The fourth-order valence-electron chi connectivity index (χ4n) is 0.0962. The molecule has 0 aliphatic rings. The van der Waals surface area contributed by atoms with Crippen molar-refractivity contribution < 1.29 is 10.00 Å². The third kappa shape index (κ3) is 23.7. The minimum absolute atomic E-state index is 0.537. The molecule has 10 heavy (non-hydrogen) atoms. The van der Waals surface area contributed by atoms with Crippen molar-refractivity contribution in [1.29, 1.82) is 0 Å². The van der Waals surface area contributed by atoms with E-state index in [1.165, 1.54) is 12.2 Å². The molecule has 0 amide bonds. The summed E-state index contributed by atoms with van der Waals surface area (Å²) in [6.45, 7) is 4.94. The molecule has 0 atom stereocenters. The van der Waals surface area contributed by atoms with Crippen molar-refractivity contribution in [3.05, 3.63) is 25.3 Å². The van der Waals surface area contributed by atoms with Gasteiger partial charge in [0.2, 0.25) is 6.85 Å². The van der Waals surface area contributed by atoms with Gasteiger partial charge in [0.1, 0.15) is 0 Å². The van der Waals surface area contributed by atoms with Crippen molar-refractivity contribution in [2.75, 3.05) is 0 Å². The van der Waals surface area contributed by atoms with E-state index in [-0.39, 0.29) is 0 Å². The molecule has 5 heteroatoms. The average molecular weight is 203 g/mol.